The Balaban J connectivity index is 1.89. The van der Waals surface area contributed by atoms with Crippen LogP contribution in [0.2, 0.25) is 0 Å². The van der Waals surface area contributed by atoms with Crippen LogP contribution >= 0.6 is 0 Å². The molecule has 0 saturated heterocycles. The topological polar surface area (TPSA) is 83.3 Å². The lowest BCUT2D eigenvalue weighted by Crippen LogP contribution is -2.37. The fraction of sp³-hybridized carbons (Fsp3) is 0.429. The van der Waals surface area contributed by atoms with Gasteiger partial charge in [-0.25, -0.2) is 9.97 Å². The fourth-order valence-electron chi connectivity index (χ4n) is 1.86. The predicted molar refractivity (Wildman–Crippen MR) is 86.6 cm³/mol. The molecule has 0 amide bonds. The van der Waals surface area contributed by atoms with E-state index in [1.165, 1.54) is 6.33 Å². The number of pyridine rings is 1. The maximum absolute atomic E-state index is 4.30. The lowest BCUT2D eigenvalue weighted by molar-refractivity contribution is 0.672. The molecule has 0 aliphatic heterocycles. The van der Waals surface area contributed by atoms with Crippen molar-refractivity contribution in [2.45, 2.75) is 13.1 Å². The summed E-state index contributed by atoms with van der Waals surface area (Å²) in [4.78, 5) is 14.6. The molecule has 0 fully saturated rings. The average molecular weight is 302 g/mol. The molecule has 2 aromatic heterocycles. The van der Waals surface area contributed by atoms with Crippen molar-refractivity contribution < 1.29 is 0 Å². The van der Waals surface area contributed by atoms with Crippen LogP contribution in [0.1, 0.15) is 11.4 Å². The Morgan fingerprint density at radius 1 is 1.27 bits per heavy atom. The van der Waals surface area contributed by atoms with Crippen LogP contribution in [0.3, 0.4) is 0 Å². The quantitative estimate of drug-likeness (QED) is 0.604. The fourth-order valence-corrected chi connectivity index (χ4v) is 1.86. The van der Waals surface area contributed by atoms with Crippen LogP contribution in [0.25, 0.3) is 0 Å². The Kier molecular flexibility index (Phi) is 5.29. The summed E-state index contributed by atoms with van der Waals surface area (Å²) in [5.41, 5.74) is 1.14. The molecular weight excluding hydrogens is 280 g/mol. The summed E-state index contributed by atoms with van der Waals surface area (Å²) in [6.45, 7) is 1.23. The largest absolute Gasteiger partial charge is 0.363 e. The summed E-state index contributed by atoms with van der Waals surface area (Å²) >= 11 is 0. The molecule has 0 radical (unpaired) electrons. The first-order valence-corrected chi connectivity index (χ1v) is 7.00. The maximum Gasteiger partial charge on any atom is 0.191 e. The number of nitrogens with zero attached hydrogens (tertiary/aromatic N) is 6. The van der Waals surface area contributed by atoms with E-state index in [1.54, 1.807) is 11.7 Å². The molecular formula is C14H22N8. The lowest BCUT2D eigenvalue weighted by atomic mass is 10.2. The summed E-state index contributed by atoms with van der Waals surface area (Å²) in [5, 5.41) is 10.5. The smallest absolute Gasteiger partial charge is 0.191 e. The minimum atomic E-state index is 0.565. The van der Waals surface area contributed by atoms with Gasteiger partial charge >= 0.3 is 0 Å². The number of aryl methyl sites for hydroxylation is 1. The zero-order chi connectivity index (χ0) is 15.9. The van der Waals surface area contributed by atoms with E-state index in [0.29, 0.717) is 19.0 Å². The second-order valence-corrected chi connectivity index (χ2v) is 5.00. The molecule has 22 heavy (non-hydrogen) atoms. The van der Waals surface area contributed by atoms with Crippen LogP contribution in [0.4, 0.5) is 5.82 Å². The summed E-state index contributed by atoms with van der Waals surface area (Å²) in [6.07, 6.45) is 3.34. The van der Waals surface area contributed by atoms with Crippen LogP contribution in [0, 0.1) is 0 Å². The zero-order valence-corrected chi connectivity index (χ0v) is 13.4. The van der Waals surface area contributed by atoms with Crippen molar-refractivity contribution in [3.05, 3.63) is 36.0 Å². The van der Waals surface area contributed by atoms with E-state index in [0.717, 1.165) is 17.2 Å². The second kappa shape index (κ2) is 7.39. The number of aromatic nitrogens is 4. The minimum absolute atomic E-state index is 0.565. The van der Waals surface area contributed by atoms with Crippen molar-refractivity contribution in [3.8, 4) is 0 Å². The van der Waals surface area contributed by atoms with Gasteiger partial charge in [-0.2, -0.15) is 5.10 Å². The van der Waals surface area contributed by atoms with Gasteiger partial charge in [-0.15, -0.1) is 0 Å². The van der Waals surface area contributed by atoms with E-state index in [2.05, 4.69) is 30.7 Å². The molecule has 8 heteroatoms. The Morgan fingerprint density at radius 3 is 2.68 bits per heavy atom. The van der Waals surface area contributed by atoms with Crippen LogP contribution in [0.15, 0.2) is 29.6 Å². The van der Waals surface area contributed by atoms with Crippen molar-refractivity contribution in [2.24, 2.45) is 12.0 Å². The first kappa shape index (κ1) is 15.7. The Bertz CT molecular complexity index is 631. The molecule has 118 valence electrons. The highest BCUT2D eigenvalue weighted by Gasteiger charge is 2.04. The monoisotopic (exact) mass is 302 g/mol. The molecule has 0 unspecified atom stereocenters. The van der Waals surface area contributed by atoms with Gasteiger partial charge in [-0.3, -0.25) is 9.67 Å². The summed E-state index contributed by atoms with van der Waals surface area (Å²) in [7, 11) is 7.55. The van der Waals surface area contributed by atoms with Gasteiger partial charge in [-0.1, -0.05) is 0 Å². The average Bonchev–Trinajstić information content (AvgIpc) is 2.93. The molecule has 0 saturated carbocycles. The second-order valence-electron chi connectivity index (χ2n) is 5.00. The third kappa shape index (κ3) is 4.18. The summed E-state index contributed by atoms with van der Waals surface area (Å²) in [6, 6.07) is 4.03. The SMILES string of the molecule is CN=C(NCc1ccnc(N(C)C)c1)NCc1ncnn1C. The Hall–Kier alpha value is -2.64. The van der Waals surface area contributed by atoms with Gasteiger partial charge in [0, 0.05) is 40.9 Å². The van der Waals surface area contributed by atoms with Gasteiger partial charge in [0.1, 0.15) is 18.0 Å². The molecule has 0 spiro atoms. The van der Waals surface area contributed by atoms with Gasteiger partial charge in [-0.05, 0) is 17.7 Å². The molecule has 2 aromatic rings. The molecule has 0 aliphatic rings. The van der Waals surface area contributed by atoms with Gasteiger partial charge < -0.3 is 15.5 Å². The number of hydrogen-bond donors (Lipinski definition) is 2. The number of aliphatic imine (C=N–C) groups is 1. The van der Waals surface area contributed by atoms with E-state index in [4.69, 9.17) is 0 Å². The zero-order valence-electron chi connectivity index (χ0n) is 13.4. The molecule has 0 aliphatic carbocycles. The Morgan fingerprint density at radius 2 is 2.05 bits per heavy atom. The van der Waals surface area contributed by atoms with Crippen molar-refractivity contribution >= 4 is 11.8 Å². The molecule has 2 heterocycles. The van der Waals surface area contributed by atoms with Crippen molar-refractivity contribution in [1.82, 2.24) is 30.4 Å². The molecule has 2 N–H and O–H groups in total. The van der Waals surface area contributed by atoms with Gasteiger partial charge in [0.2, 0.25) is 0 Å². The molecule has 2 rings (SSSR count). The van der Waals surface area contributed by atoms with Gasteiger partial charge in [0.05, 0.1) is 6.54 Å². The standard InChI is InChI=1S/C14H22N8/c1-15-14(18-9-13-19-10-20-22(13)4)17-8-11-5-6-16-12(7-11)21(2)3/h5-7,10H,8-9H2,1-4H3,(H2,15,17,18). The molecule has 8 nitrogen and oxygen atoms in total. The highest BCUT2D eigenvalue weighted by molar-refractivity contribution is 5.79. The molecule has 0 atom stereocenters. The van der Waals surface area contributed by atoms with Gasteiger partial charge in [0.15, 0.2) is 5.96 Å². The van der Waals surface area contributed by atoms with E-state index >= 15 is 0 Å². The van der Waals surface area contributed by atoms with E-state index in [-0.39, 0.29) is 0 Å². The molecule has 0 bridgehead atoms. The van der Waals surface area contributed by atoms with Crippen LogP contribution in [-0.4, -0.2) is 46.9 Å². The number of guanidine groups is 1. The number of anilines is 1. The molecule has 0 aromatic carbocycles. The van der Waals surface area contributed by atoms with Crippen LogP contribution in [0.5, 0.6) is 0 Å². The van der Waals surface area contributed by atoms with Gasteiger partial charge in [0.25, 0.3) is 0 Å². The number of hydrogen-bond acceptors (Lipinski definition) is 5. The maximum atomic E-state index is 4.30. The van der Waals surface area contributed by atoms with E-state index in [9.17, 15) is 0 Å². The lowest BCUT2D eigenvalue weighted by Gasteiger charge is -2.14. The first-order valence-electron chi connectivity index (χ1n) is 7.00. The summed E-state index contributed by atoms with van der Waals surface area (Å²) < 4.78 is 1.73. The minimum Gasteiger partial charge on any atom is -0.363 e. The van der Waals surface area contributed by atoms with E-state index < -0.39 is 0 Å². The van der Waals surface area contributed by atoms with Crippen molar-refractivity contribution in [1.29, 1.82) is 0 Å². The predicted octanol–water partition coefficient (Wildman–Crippen LogP) is 0.141. The highest BCUT2D eigenvalue weighted by Crippen LogP contribution is 2.09. The third-order valence-corrected chi connectivity index (χ3v) is 3.17. The number of nitrogens with one attached hydrogen (secondary N) is 2. The van der Waals surface area contributed by atoms with E-state index in [1.807, 2.05) is 44.4 Å². The highest BCUT2D eigenvalue weighted by atomic mass is 15.3. The Labute approximate surface area is 130 Å². The first-order chi connectivity index (χ1) is 10.6. The third-order valence-electron chi connectivity index (χ3n) is 3.17. The van der Waals surface area contributed by atoms with Crippen molar-refractivity contribution in [2.75, 3.05) is 26.0 Å². The van der Waals surface area contributed by atoms with Crippen molar-refractivity contribution in [3.63, 3.8) is 0 Å². The number of rotatable bonds is 5. The summed E-state index contributed by atoms with van der Waals surface area (Å²) in [5.74, 6) is 2.49. The van der Waals surface area contributed by atoms with Crippen LogP contribution < -0.4 is 15.5 Å². The normalized spacial score (nSPS) is 11.4. The van der Waals surface area contributed by atoms with Crippen LogP contribution in [-0.2, 0) is 20.1 Å².